The minimum absolute atomic E-state index is 0.000499. The van der Waals surface area contributed by atoms with Gasteiger partial charge >= 0.3 is 0 Å². The molecule has 3 nitrogen and oxygen atoms in total. The van der Waals surface area contributed by atoms with Crippen LogP contribution in [-0.2, 0) is 4.74 Å². The maximum absolute atomic E-state index is 8.84. The Morgan fingerprint density at radius 3 is 2.08 bits per heavy atom. The summed E-state index contributed by atoms with van der Waals surface area (Å²) in [5, 5.41) is 8.84. The van der Waals surface area contributed by atoms with Crippen LogP contribution in [-0.4, -0.2) is 29.5 Å². The molecule has 0 rings (SSSR count). The molecule has 0 amide bonds. The molecule has 1 unspecified atom stereocenters. The molecule has 0 aliphatic heterocycles. The fraction of sp³-hybridized carbons (Fsp3) is 1.00. The van der Waals surface area contributed by atoms with Crippen molar-refractivity contribution in [1.29, 1.82) is 0 Å². The molecule has 0 fully saturated rings. The lowest BCUT2D eigenvalue weighted by Gasteiger charge is -2.25. The summed E-state index contributed by atoms with van der Waals surface area (Å²) in [6.07, 6.45) is 0.681. The van der Waals surface area contributed by atoms with E-state index in [4.69, 9.17) is 15.6 Å². The van der Waals surface area contributed by atoms with Gasteiger partial charge in [-0.1, -0.05) is 0 Å². The SMILES string of the molecule is CC(N)(CO)CCOC(C)(C)C. The molecule has 74 valence electrons. The molecule has 0 radical (unpaired) electrons. The Labute approximate surface area is 74.9 Å². The highest BCUT2D eigenvalue weighted by Gasteiger charge is 2.18. The molecule has 0 aromatic heterocycles. The first kappa shape index (κ1) is 11.9. The van der Waals surface area contributed by atoms with Gasteiger partial charge in [0, 0.05) is 12.1 Å². The predicted molar refractivity (Wildman–Crippen MR) is 50.0 cm³/mol. The maximum atomic E-state index is 8.84. The van der Waals surface area contributed by atoms with E-state index in [0.29, 0.717) is 13.0 Å². The smallest absolute Gasteiger partial charge is 0.0609 e. The molecule has 0 aliphatic rings. The summed E-state index contributed by atoms with van der Waals surface area (Å²) in [5.41, 5.74) is 5.09. The first-order valence-electron chi connectivity index (χ1n) is 4.30. The summed E-state index contributed by atoms with van der Waals surface area (Å²) in [4.78, 5) is 0. The molecule has 0 aromatic rings. The van der Waals surface area contributed by atoms with Gasteiger partial charge in [-0.15, -0.1) is 0 Å². The van der Waals surface area contributed by atoms with Crippen LogP contribution in [0.5, 0.6) is 0 Å². The Morgan fingerprint density at radius 2 is 1.75 bits per heavy atom. The third kappa shape index (κ3) is 6.58. The zero-order chi connectivity index (χ0) is 9.83. The molecule has 0 aromatic carbocycles. The number of hydrogen-bond donors (Lipinski definition) is 2. The Hall–Kier alpha value is -0.120. The number of aliphatic hydroxyl groups is 1. The van der Waals surface area contributed by atoms with Crippen molar-refractivity contribution in [2.24, 2.45) is 5.73 Å². The predicted octanol–water partition coefficient (Wildman–Crippen LogP) is 0.901. The highest BCUT2D eigenvalue weighted by atomic mass is 16.5. The number of nitrogens with two attached hydrogens (primary N) is 1. The van der Waals surface area contributed by atoms with E-state index in [2.05, 4.69) is 0 Å². The Kier molecular flexibility index (Phi) is 4.17. The molecule has 1 atom stereocenters. The van der Waals surface area contributed by atoms with E-state index in [1.165, 1.54) is 0 Å². The fourth-order valence-corrected chi connectivity index (χ4v) is 0.669. The fourth-order valence-electron chi connectivity index (χ4n) is 0.669. The van der Waals surface area contributed by atoms with Crippen molar-refractivity contribution in [2.75, 3.05) is 13.2 Å². The molecule has 0 saturated carbocycles. The van der Waals surface area contributed by atoms with Gasteiger partial charge in [-0.2, -0.15) is 0 Å². The molecule has 12 heavy (non-hydrogen) atoms. The average Bonchev–Trinajstić information content (AvgIpc) is 1.84. The number of hydrogen-bond acceptors (Lipinski definition) is 3. The molecule has 0 heterocycles. The summed E-state index contributed by atoms with van der Waals surface area (Å²) in [7, 11) is 0. The van der Waals surface area contributed by atoms with Crippen LogP contribution in [0.3, 0.4) is 0 Å². The minimum Gasteiger partial charge on any atom is -0.394 e. The molecular formula is C9H21NO2. The number of ether oxygens (including phenoxy) is 1. The third-order valence-electron chi connectivity index (χ3n) is 1.57. The van der Waals surface area contributed by atoms with Gasteiger partial charge in [0.2, 0.25) is 0 Å². The Balaban J connectivity index is 3.57. The van der Waals surface area contributed by atoms with E-state index >= 15 is 0 Å². The van der Waals surface area contributed by atoms with Crippen molar-refractivity contribution in [3.05, 3.63) is 0 Å². The molecule has 0 saturated heterocycles. The average molecular weight is 175 g/mol. The van der Waals surface area contributed by atoms with Crippen molar-refractivity contribution >= 4 is 0 Å². The van der Waals surface area contributed by atoms with Gasteiger partial charge in [-0.25, -0.2) is 0 Å². The zero-order valence-electron chi connectivity index (χ0n) is 8.55. The highest BCUT2D eigenvalue weighted by Crippen LogP contribution is 2.10. The van der Waals surface area contributed by atoms with Crippen molar-refractivity contribution in [2.45, 2.75) is 45.3 Å². The summed E-state index contributed by atoms with van der Waals surface area (Å²) in [6.45, 7) is 8.41. The zero-order valence-corrected chi connectivity index (χ0v) is 8.55. The van der Waals surface area contributed by atoms with Gasteiger partial charge in [0.05, 0.1) is 12.2 Å². The van der Waals surface area contributed by atoms with Crippen LogP contribution in [0.4, 0.5) is 0 Å². The number of aliphatic hydroxyl groups excluding tert-OH is 1. The quantitative estimate of drug-likeness (QED) is 0.667. The Morgan fingerprint density at radius 1 is 1.25 bits per heavy atom. The highest BCUT2D eigenvalue weighted by molar-refractivity contribution is 4.77. The van der Waals surface area contributed by atoms with Gasteiger partial charge in [0.25, 0.3) is 0 Å². The van der Waals surface area contributed by atoms with Crippen LogP contribution in [0.25, 0.3) is 0 Å². The first-order valence-corrected chi connectivity index (χ1v) is 4.30. The molecule has 3 heteroatoms. The van der Waals surface area contributed by atoms with Gasteiger partial charge in [-0.05, 0) is 34.1 Å². The van der Waals surface area contributed by atoms with Crippen molar-refractivity contribution < 1.29 is 9.84 Å². The van der Waals surface area contributed by atoms with Crippen LogP contribution in [0.1, 0.15) is 34.1 Å². The van der Waals surface area contributed by atoms with Crippen LogP contribution in [0.15, 0.2) is 0 Å². The lowest BCUT2D eigenvalue weighted by atomic mass is 10.0. The van der Waals surface area contributed by atoms with Crippen molar-refractivity contribution in [3.63, 3.8) is 0 Å². The van der Waals surface area contributed by atoms with Crippen LogP contribution in [0.2, 0.25) is 0 Å². The van der Waals surface area contributed by atoms with Crippen molar-refractivity contribution in [3.8, 4) is 0 Å². The van der Waals surface area contributed by atoms with Crippen molar-refractivity contribution in [1.82, 2.24) is 0 Å². The van der Waals surface area contributed by atoms with E-state index in [-0.39, 0.29) is 12.2 Å². The lowest BCUT2D eigenvalue weighted by Crippen LogP contribution is -2.41. The molecule has 0 spiro atoms. The third-order valence-corrected chi connectivity index (χ3v) is 1.57. The van der Waals surface area contributed by atoms with Gasteiger partial charge in [0.15, 0.2) is 0 Å². The summed E-state index contributed by atoms with van der Waals surface area (Å²) in [6, 6.07) is 0. The van der Waals surface area contributed by atoms with E-state index in [0.717, 1.165) is 0 Å². The second-order valence-corrected chi connectivity index (χ2v) is 4.52. The second-order valence-electron chi connectivity index (χ2n) is 4.52. The van der Waals surface area contributed by atoms with E-state index in [1.54, 1.807) is 0 Å². The van der Waals surface area contributed by atoms with Gasteiger partial charge in [0.1, 0.15) is 0 Å². The maximum Gasteiger partial charge on any atom is 0.0609 e. The van der Waals surface area contributed by atoms with Crippen LogP contribution < -0.4 is 5.73 Å². The van der Waals surface area contributed by atoms with E-state index in [9.17, 15) is 0 Å². The summed E-state index contributed by atoms with van der Waals surface area (Å²) in [5.74, 6) is 0. The normalized spacial score (nSPS) is 17.5. The van der Waals surface area contributed by atoms with Gasteiger partial charge < -0.3 is 15.6 Å². The standard InChI is InChI=1S/C9H21NO2/c1-8(2,3)12-6-5-9(4,10)7-11/h11H,5-7,10H2,1-4H3. The second kappa shape index (κ2) is 4.21. The Bertz CT molecular complexity index is 127. The van der Waals surface area contributed by atoms with E-state index < -0.39 is 5.54 Å². The monoisotopic (exact) mass is 175 g/mol. The minimum atomic E-state index is -0.509. The van der Waals surface area contributed by atoms with E-state index in [1.807, 2.05) is 27.7 Å². The van der Waals surface area contributed by atoms with Gasteiger partial charge in [-0.3, -0.25) is 0 Å². The molecule has 0 aliphatic carbocycles. The lowest BCUT2D eigenvalue weighted by molar-refractivity contribution is -0.0136. The largest absolute Gasteiger partial charge is 0.394 e. The number of rotatable bonds is 4. The van der Waals surface area contributed by atoms with Crippen LogP contribution in [0, 0.1) is 0 Å². The summed E-state index contributed by atoms with van der Waals surface area (Å²) < 4.78 is 5.48. The molecule has 0 bridgehead atoms. The first-order chi connectivity index (χ1) is 5.27. The summed E-state index contributed by atoms with van der Waals surface area (Å²) >= 11 is 0. The topological polar surface area (TPSA) is 55.5 Å². The molecule has 3 N–H and O–H groups in total. The van der Waals surface area contributed by atoms with Crippen LogP contribution >= 0.6 is 0 Å². The molecular weight excluding hydrogens is 154 g/mol.